The first kappa shape index (κ1) is 5.33. The van der Waals surface area contributed by atoms with Crippen molar-refractivity contribution in [2.75, 3.05) is 11.2 Å². The molecule has 5 heteroatoms. The summed E-state index contributed by atoms with van der Waals surface area (Å²) < 4.78 is 0. The molecule has 1 aromatic rings. The predicted octanol–water partition coefficient (Wildman–Crippen LogP) is 0.526. The summed E-state index contributed by atoms with van der Waals surface area (Å²) in [5.74, 6) is 0. The molecule has 1 heterocycles. The fourth-order valence-electron chi connectivity index (χ4n) is 0.339. The smallest absolute Gasteiger partial charge is 0.182 e. The van der Waals surface area contributed by atoms with Gasteiger partial charge in [0.1, 0.15) is 5.00 Å². The van der Waals surface area contributed by atoms with Crippen LogP contribution in [0, 0.1) is 0 Å². The van der Waals surface area contributed by atoms with Crippen LogP contribution in [-0.4, -0.2) is 10.2 Å². The normalized spacial score (nSPS) is 9.12. The van der Waals surface area contributed by atoms with Gasteiger partial charge < -0.3 is 5.73 Å². The zero-order chi connectivity index (χ0) is 5.98. The van der Waals surface area contributed by atoms with E-state index in [1.807, 2.05) is 5.48 Å². The summed E-state index contributed by atoms with van der Waals surface area (Å²) in [5.41, 5.74) is 7.13. The van der Waals surface area contributed by atoms with Crippen molar-refractivity contribution < 1.29 is 5.21 Å². The van der Waals surface area contributed by atoms with Gasteiger partial charge >= 0.3 is 0 Å². The predicted molar refractivity (Wildman–Crippen MR) is 31.9 cm³/mol. The molecule has 0 saturated heterocycles. The molecule has 0 aromatic carbocycles. The molecule has 0 spiro atoms. The van der Waals surface area contributed by atoms with Crippen LogP contribution in [0.5, 0.6) is 0 Å². The number of nitrogens with two attached hydrogens (primary N) is 1. The highest BCUT2D eigenvalue weighted by Crippen LogP contribution is 2.18. The van der Waals surface area contributed by atoms with Gasteiger partial charge in [-0.3, -0.25) is 10.7 Å². The largest absolute Gasteiger partial charge is 0.375 e. The second-order valence-electron chi connectivity index (χ2n) is 1.17. The average molecular weight is 131 g/mol. The van der Waals surface area contributed by atoms with Crippen LogP contribution in [-0.2, 0) is 0 Å². The second kappa shape index (κ2) is 1.97. The first-order valence-electron chi connectivity index (χ1n) is 1.94. The Morgan fingerprint density at radius 1 is 1.88 bits per heavy atom. The van der Waals surface area contributed by atoms with Gasteiger partial charge in [-0.2, -0.15) is 0 Å². The molecule has 1 rings (SSSR count). The Bertz CT molecular complexity index is 175. The van der Waals surface area contributed by atoms with Gasteiger partial charge in [0.05, 0.1) is 6.20 Å². The number of nitrogens with one attached hydrogen (secondary N) is 1. The molecular weight excluding hydrogens is 126 g/mol. The summed E-state index contributed by atoms with van der Waals surface area (Å²) >= 11 is 1.19. The van der Waals surface area contributed by atoms with E-state index in [1.165, 1.54) is 17.5 Å². The molecule has 0 unspecified atom stereocenters. The van der Waals surface area contributed by atoms with E-state index < -0.39 is 0 Å². The Morgan fingerprint density at radius 3 is 2.88 bits per heavy atom. The molecule has 0 atom stereocenters. The quantitative estimate of drug-likeness (QED) is 0.486. The van der Waals surface area contributed by atoms with Crippen molar-refractivity contribution in [3.8, 4) is 0 Å². The fraction of sp³-hybridized carbons (Fsp3) is 0. The van der Waals surface area contributed by atoms with Crippen molar-refractivity contribution >= 4 is 21.5 Å². The van der Waals surface area contributed by atoms with Gasteiger partial charge in [-0.25, -0.2) is 4.98 Å². The zero-order valence-corrected chi connectivity index (χ0v) is 4.77. The van der Waals surface area contributed by atoms with Crippen molar-refractivity contribution in [1.82, 2.24) is 4.98 Å². The molecule has 0 bridgehead atoms. The van der Waals surface area contributed by atoms with E-state index in [1.54, 1.807) is 0 Å². The lowest BCUT2D eigenvalue weighted by Gasteiger charge is -1.83. The number of anilines is 2. The van der Waals surface area contributed by atoms with Crippen LogP contribution in [0.15, 0.2) is 6.20 Å². The Hall–Kier alpha value is -0.810. The van der Waals surface area contributed by atoms with Crippen LogP contribution in [0.1, 0.15) is 0 Å². The molecule has 0 saturated carbocycles. The lowest BCUT2D eigenvalue weighted by atomic mass is 10.9. The molecule has 0 aliphatic carbocycles. The number of rotatable bonds is 1. The Kier molecular flexibility index (Phi) is 1.32. The Morgan fingerprint density at radius 2 is 2.62 bits per heavy atom. The summed E-state index contributed by atoms with van der Waals surface area (Å²) in [6.45, 7) is 0. The molecule has 0 radical (unpaired) electrons. The van der Waals surface area contributed by atoms with Crippen LogP contribution in [0.3, 0.4) is 0 Å². The van der Waals surface area contributed by atoms with Gasteiger partial charge in [-0.1, -0.05) is 11.3 Å². The lowest BCUT2D eigenvalue weighted by molar-refractivity contribution is 0.391. The Balaban J connectivity index is 2.84. The first-order valence-corrected chi connectivity index (χ1v) is 2.76. The molecule has 4 nitrogen and oxygen atoms in total. The minimum Gasteiger partial charge on any atom is -0.375 e. The van der Waals surface area contributed by atoms with E-state index in [4.69, 9.17) is 10.9 Å². The van der Waals surface area contributed by atoms with Gasteiger partial charge in [-0.05, 0) is 0 Å². The molecule has 0 aliphatic heterocycles. The van der Waals surface area contributed by atoms with Crippen molar-refractivity contribution in [1.29, 1.82) is 0 Å². The van der Waals surface area contributed by atoms with E-state index >= 15 is 0 Å². The van der Waals surface area contributed by atoms with Gasteiger partial charge in [0.15, 0.2) is 5.13 Å². The van der Waals surface area contributed by atoms with Gasteiger partial charge in [0, 0.05) is 0 Å². The summed E-state index contributed by atoms with van der Waals surface area (Å²) in [4.78, 5) is 3.66. The maximum absolute atomic E-state index is 8.22. The van der Waals surface area contributed by atoms with E-state index in [-0.39, 0.29) is 0 Å². The number of hydrogen-bond acceptors (Lipinski definition) is 5. The summed E-state index contributed by atoms with van der Waals surface area (Å²) in [6, 6.07) is 0. The van der Waals surface area contributed by atoms with Crippen LogP contribution >= 0.6 is 11.3 Å². The standard InChI is InChI=1S/C3H5N3OS/c4-3-5-1-2(6-7)8-3/h1,6-7H,(H2,4,5). The maximum Gasteiger partial charge on any atom is 0.182 e. The third kappa shape index (κ3) is 0.877. The molecule has 8 heavy (non-hydrogen) atoms. The van der Waals surface area contributed by atoms with E-state index in [0.29, 0.717) is 10.1 Å². The highest BCUT2D eigenvalue weighted by atomic mass is 32.1. The van der Waals surface area contributed by atoms with Crippen LogP contribution in [0.25, 0.3) is 0 Å². The molecule has 0 fully saturated rings. The van der Waals surface area contributed by atoms with E-state index in [0.717, 1.165) is 0 Å². The monoisotopic (exact) mass is 131 g/mol. The lowest BCUT2D eigenvalue weighted by Crippen LogP contribution is -1.81. The molecule has 0 amide bonds. The van der Waals surface area contributed by atoms with Gasteiger partial charge in [-0.15, -0.1) is 0 Å². The number of nitrogens with zero attached hydrogens (tertiary/aromatic N) is 1. The topological polar surface area (TPSA) is 71.2 Å². The number of hydrogen-bond donors (Lipinski definition) is 3. The van der Waals surface area contributed by atoms with Gasteiger partial charge in [0.2, 0.25) is 0 Å². The van der Waals surface area contributed by atoms with Crippen molar-refractivity contribution in [3.63, 3.8) is 0 Å². The third-order valence-corrected chi connectivity index (χ3v) is 1.36. The molecule has 1 aromatic heterocycles. The minimum atomic E-state index is 0.446. The van der Waals surface area contributed by atoms with Crippen molar-refractivity contribution in [2.24, 2.45) is 0 Å². The summed E-state index contributed by atoms with van der Waals surface area (Å²) in [6.07, 6.45) is 1.46. The maximum atomic E-state index is 8.22. The first-order chi connectivity index (χ1) is 3.83. The number of aromatic nitrogens is 1. The van der Waals surface area contributed by atoms with Crippen LogP contribution in [0.2, 0.25) is 0 Å². The molecule has 44 valence electrons. The summed E-state index contributed by atoms with van der Waals surface area (Å²) in [5, 5.41) is 9.22. The van der Waals surface area contributed by atoms with Crippen molar-refractivity contribution in [3.05, 3.63) is 6.20 Å². The van der Waals surface area contributed by atoms with E-state index in [9.17, 15) is 0 Å². The van der Waals surface area contributed by atoms with Crippen LogP contribution in [0.4, 0.5) is 10.1 Å². The average Bonchev–Trinajstić information content (AvgIpc) is 2.14. The van der Waals surface area contributed by atoms with E-state index in [2.05, 4.69) is 4.98 Å². The van der Waals surface area contributed by atoms with Gasteiger partial charge in [0.25, 0.3) is 0 Å². The molecule has 4 N–H and O–H groups in total. The number of thiazole rings is 1. The fourth-order valence-corrected chi connectivity index (χ4v) is 0.821. The zero-order valence-electron chi connectivity index (χ0n) is 3.96. The second-order valence-corrected chi connectivity index (χ2v) is 2.24. The van der Waals surface area contributed by atoms with Crippen LogP contribution < -0.4 is 11.2 Å². The number of nitrogen functional groups attached to an aromatic ring is 1. The SMILES string of the molecule is Nc1ncc(NO)s1. The molecular formula is C3H5N3OS. The third-order valence-electron chi connectivity index (χ3n) is 0.634. The highest BCUT2D eigenvalue weighted by molar-refractivity contribution is 7.19. The van der Waals surface area contributed by atoms with Crippen molar-refractivity contribution in [2.45, 2.75) is 0 Å². The Labute approximate surface area is 49.9 Å². The molecule has 0 aliphatic rings. The highest BCUT2D eigenvalue weighted by Gasteiger charge is 1.92. The summed E-state index contributed by atoms with van der Waals surface area (Å²) in [7, 11) is 0. The minimum absolute atomic E-state index is 0.446.